The fourth-order valence-electron chi connectivity index (χ4n) is 10.0. The highest BCUT2D eigenvalue weighted by Gasteiger charge is 2.76. The van der Waals surface area contributed by atoms with Crippen LogP contribution in [-0.2, 0) is 44.8 Å². The molecule has 15 nitrogen and oxygen atoms in total. The van der Waals surface area contributed by atoms with E-state index in [1.807, 2.05) is 60.8 Å². The van der Waals surface area contributed by atoms with Crippen LogP contribution in [0.5, 0.6) is 0 Å². The number of ketones is 1. The summed E-state index contributed by atoms with van der Waals surface area (Å²) in [6, 6.07) is 5.62. The lowest BCUT2D eigenvalue weighted by Gasteiger charge is -2.43. The van der Waals surface area contributed by atoms with Gasteiger partial charge in [-0.25, -0.2) is 4.99 Å². The van der Waals surface area contributed by atoms with Gasteiger partial charge in [0.05, 0.1) is 23.7 Å². The van der Waals surface area contributed by atoms with Gasteiger partial charge in [0.2, 0.25) is 5.91 Å². The van der Waals surface area contributed by atoms with Gasteiger partial charge in [0.25, 0.3) is 0 Å². The number of aliphatic imine (C=N–C) groups is 1. The molecule has 3 aliphatic heterocycles. The van der Waals surface area contributed by atoms with E-state index in [0.717, 1.165) is 12.0 Å². The first kappa shape index (κ1) is 44.7. The van der Waals surface area contributed by atoms with E-state index in [1.54, 1.807) is 39.2 Å². The quantitative estimate of drug-likeness (QED) is 0.142. The number of ether oxygens (including phenoxy) is 4. The third-order valence-corrected chi connectivity index (χ3v) is 13.6. The Labute approximate surface area is 347 Å². The number of Topliss-reactive ketones (excluding diaryl/α,β-unsaturated/α-hetero) is 1. The lowest BCUT2D eigenvalue weighted by molar-refractivity contribution is -0.238. The van der Waals surface area contributed by atoms with E-state index >= 15 is 0 Å². The Hall–Kier alpha value is -3.89. The van der Waals surface area contributed by atoms with Crippen LogP contribution in [0.4, 0.5) is 0 Å². The normalized spacial score (nSPS) is 39.6. The Balaban J connectivity index is 1.46. The van der Waals surface area contributed by atoms with Gasteiger partial charge in [-0.2, -0.15) is 0 Å². The van der Waals surface area contributed by atoms with Crippen molar-refractivity contribution >= 4 is 29.1 Å². The predicted octanol–water partition coefficient (Wildman–Crippen LogP) is 5.96. The minimum atomic E-state index is -1.60. The van der Waals surface area contributed by atoms with Crippen LogP contribution in [-0.4, -0.2) is 111 Å². The van der Waals surface area contributed by atoms with Crippen molar-refractivity contribution in [3.05, 3.63) is 36.3 Å². The fourth-order valence-corrected chi connectivity index (χ4v) is 10.0. The maximum Gasteiger partial charge on any atom is 0.316 e. The zero-order valence-corrected chi connectivity index (χ0v) is 36.5. The first-order valence-corrected chi connectivity index (χ1v) is 21.1. The molecule has 4 aliphatic rings. The largest absolute Gasteiger partial charge is 0.459 e. The molecule has 15 heteroatoms. The number of esters is 1. The molecule has 1 unspecified atom stereocenters. The summed E-state index contributed by atoms with van der Waals surface area (Å²) in [5.74, 6) is -4.50. The number of pyridine rings is 1. The third kappa shape index (κ3) is 8.95. The number of hydrogen-bond donors (Lipinski definition) is 1. The number of hydrogen-bond acceptors (Lipinski definition) is 14. The highest BCUT2D eigenvalue weighted by atomic mass is 16.7. The van der Waals surface area contributed by atoms with E-state index in [1.165, 1.54) is 6.92 Å². The molecule has 1 saturated carbocycles. The van der Waals surface area contributed by atoms with Crippen molar-refractivity contribution < 1.29 is 47.8 Å². The molecule has 1 aliphatic carbocycles. The van der Waals surface area contributed by atoms with Crippen molar-refractivity contribution in [1.82, 2.24) is 15.0 Å². The second kappa shape index (κ2) is 17.6. The van der Waals surface area contributed by atoms with Gasteiger partial charge in [-0.3, -0.25) is 19.4 Å². The summed E-state index contributed by atoms with van der Waals surface area (Å²) in [4.78, 5) is 58.8. The summed E-state index contributed by atoms with van der Waals surface area (Å²) >= 11 is 0. The fraction of sp³-hybridized carbons (Fsp3) is 0.705. The van der Waals surface area contributed by atoms with Crippen molar-refractivity contribution in [1.29, 1.82) is 0 Å². The summed E-state index contributed by atoms with van der Waals surface area (Å²) in [5.41, 5.74) is -1.27. The van der Waals surface area contributed by atoms with Gasteiger partial charge in [0.1, 0.15) is 34.9 Å². The SMILES string of the molecule is CC[C@H]1OC(=O)[C@H](C)C(=O)[C@H](C)[C@@H](O[C@H]2C[C@@H](N(C)C)C[C@@H](C)O2)[C@]2(C)OC23C/C(=N/OCc2ccc(-c4ccno4)cn2)CC[C@H]([C@@H](C)/C(=N/C(C)=O)[C@@H]3C)[C@]1(C)O. The average molecular weight is 822 g/mol. The van der Waals surface area contributed by atoms with Crippen molar-refractivity contribution in [2.75, 3.05) is 14.1 Å². The number of carbonyl (C=O) groups excluding carboxylic acids is 3. The van der Waals surface area contributed by atoms with Crippen LogP contribution in [0, 0.1) is 29.6 Å². The van der Waals surface area contributed by atoms with Gasteiger partial charge < -0.3 is 38.3 Å². The molecule has 1 spiro atoms. The third-order valence-electron chi connectivity index (χ3n) is 13.6. The topological polar surface area (TPSA) is 188 Å². The Bertz CT molecular complexity index is 1880. The van der Waals surface area contributed by atoms with Crippen molar-refractivity contribution in [3.8, 4) is 11.3 Å². The summed E-state index contributed by atoms with van der Waals surface area (Å²) < 4.78 is 31.8. The molecule has 3 saturated heterocycles. The van der Waals surface area contributed by atoms with Crippen LogP contribution in [0.1, 0.15) is 107 Å². The molecule has 1 amide bonds. The summed E-state index contributed by atoms with van der Waals surface area (Å²) in [6.07, 6.45) is 3.24. The summed E-state index contributed by atoms with van der Waals surface area (Å²) in [6.45, 7) is 16.2. The minimum absolute atomic E-state index is 0.0721. The van der Waals surface area contributed by atoms with Crippen LogP contribution >= 0.6 is 0 Å². The van der Waals surface area contributed by atoms with Crippen LogP contribution in [0.15, 0.2) is 45.3 Å². The van der Waals surface area contributed by atoms with E-state index in [0.29, 0.717) is 42.1 Å². The van der Waals surface area contributed by atoms with Gasteiger partial charge >= 0.3 is 5.97 Å². The zero-order valence-electron chi connectivity index (χ0n) is 36.5. The highest BCUT2D eigenvalue weighted by Crippen LogP contribution is 2.61. The summed E-state index contributed by atoms with van der Waals surface area (Å²) in [5, 5.41) is 21.0. The molecular formula is C44H63N5O10. The number of amides is 1. The van der Waals surface area contributed by atoms with Crippen LogP contribution < -0.4 is 0 Å². The number of carbonyl (C=O) groups is 3. The van der Waals surface area contributed by atoms with E-state index in [2.05, 4.69) is 20.0 Å². The number of rotatable bonds is 8. The second-order valence-electron chi connectivity index (χ2n) is 17.8. The molecule has 5 heterocycles. The molecule has 13 atom stereocenters. The lowest BCUT2D eigenvalue weighted by Crippen LogP contribution is -2.55. The number of fused-ring (bicyclic) bond motifs is 3. The molecule has 0 radical (unpaired) electrons. The molecule has 2 aromatic heterocycles. The van der Waals surface area contributed by atoms with Crippen LogP contribution in [0.2, 0.25) is 0 Å². The second-order valence-corrected chi connectivity index (χ2v) is 17.8. The molecule has 4 fully saturated rings. The summed E-state index contributed by atoms with van der Waals surface area (Å²) in [7, 11) is 4.05. The monoisotopic (exact) mass is 821 g/mol. The Morgan fingerprint density at radius 1 is 1.07 bits per heavy atom. The molecule has 2 aromatic rings. The predicted molar refractivity (Wildman–Crippen MR) is 218 cm³/mol. The first-order valence-electron chi connectivity index (χ1n) is 21.1. The molecule has 6 rings (SSSR count). The maximum atomic E-state index is 14.5. The standard InChI is InChI=1S/C44H63N5O10/c1-12-36-42(8,53)34-16-15-31(48-54-23-32-14-13-30(22-45-32)35-17-18-46-58-35)21-44(28(6)38(25(34)3)47-29(7)50)43(9,59-44)40(26(4)39(51)27(5)41(52)56-36)57-37-20-33(49(10)11)19-24(2)55-37/h13-14,17-18,22,24-28,33-34,36-37,40,53H,12,15-16,19-21,23H2,1-11H3/b47-38-,48-31+/t24-,25-,26+,27-,28+,33+,34-,36-,37+,40-,42+,43+,44?/m1/s1. The zero-order chi connectivity index (χ0) is 43.0. The first-order chi connectivity index (χ1) is 27.8. The molecule has 59 heavy (non-hydrogen) atoms. The lowest BCUT2D eigenvalue weighted by atomic mass is 9.67. The van der Waals surface area contributed by atoms with Crippen molar-refractivity contribution in [3.63, 3.8) is 0 Å². The smallest absolute Gasteiger partial charge is 0.316 e. The van der Waals surface area contributed by atoms with Crippen LogP contribution in [0.25, 0.3) is 11.3 Å². The van der Waals surface area contributed by atoms with Gasteiger partial charge in [-0.1, -0.05) is 38.0 Å². The van der Waals surface area contributed by atoms with Crippen molar-refractivity contribution in [2.24, 2.45) is 39.7 Å². The molecule has 2 bridgehead atoms. The number of aromatic nitrogens is 2. The Kier molecular flexibility index (Phi) is 13.3. The van der Waals surface area contributed by atoms with Gasteiger partial charge in [-0.05, 0) is 85.5 Å². The highest BCUT2D eigenvalue weighted by molar-refractivity contribution is 6.01. The van der Waals surface area contributed by atoms with E-state index in [-0.39, 0.29) is 37.4 Å². The number of oxime groups is 1. The Morgan fingerprint density at radius 2 is 1.81 bits per heavy atom. The number of aliphatic hydroxyl groups is 1. The Morgan fingerprint density at radius 3 is 2.44 bits per heavy atom. The number of nitrogens with zero attached hydrogens (tertiary/aromatic N) is 5. The average Bonchev–Trinajstić information content (AvgIpc) is 3.47. The van der Waals surface area contributed by atoms with E-state index in [4.69, 9.17) is 33.5 Å². The molecular weight excluding hydrogens is 759 g/mol. The van der Waals surface area contributed by atoms with E-state index < -0.39 is 76.8 Å². The minimum Gasteiger partial charge on any atom is -0.459 e. The van der Waals surface area contributed by atoms with Crippen LogP contribution in [0.3, 0.4) is 0 Å². The maximum absolute atomic E-state index is 14.5. The van der Waals surface area contributed by atoms with Gasteiger partial charge in [0.15, 0.2) is 24.4 Å². The molecule has 324 valence electrons. The van der Waals surface area contributed by atoms with Gasteiger partial charge in [-0.15, -0.1) is 0 Å². The molecule has 0 aromatic carbocycles. The van der Waals surface area contributed by atoms with Gasteiger partial charge in [0, 0.05) is 67.1 Å². The number of epoxide rings is 1. The van der Waals surface area contributed by atoms with Crippen molar-refractivity contribution in [2.45, 2.75) is 155 Å². The molecule has 1 N–H and O–H groups in total. The number of cyclic esters (lactones) is 1. The van der Waals surface area contributed by atoms with E-state index in [9.17, 15) is 19.5 Å².